The van der Waals surface area contributed by atoms with E-state index in [1.807, 2.05) is 6.92 Å². The minimum Gasteiger partial charge on any atom is -0.328 e. The predicted molar refractivity (Wildman–Crippen MR) is 40.6 cm³/mol. The summed E-state index contributed by atoms with van der Waals surface area (Å²) in [4.78, 5) is 11.1. The van der Waals surface area contributed by atoms with Crippen molar-refractivity contribution in [1.82, 2.24) is 0 Å². The maximum atomic E-state index is 11.1. The second-order valence-electron chi connectivity index (χ2n) is 3.09. The van der Waals surface area contributed by atoms with E-state index in [4.69, 9.17) is 5.73 Å². The molecular weight excluding hydrogens is 126 g/mol. The summed E-state index contributed by atoms with van der Waals surface area (Å²) in [6, 6.07) is 0.292. The molecule has 0 bridgehead atoms. The van der Waals surface area contributed by atoms with Gasteiger partial charge < -0.3 is 5.73 Å². The van der Waals surface area contributed by atoms with E-state index in [1.54, 1.807) is 0 Å². The normalized spacial score (nSPS) is 32.6. The molecule has 0 aromatic heterocycles. The SMILES string of the molecule is CCC(=O)C1CC[C@H](N)C1. The van der Waals surface area contributed by atoms with Crippen molar-refractivity contribution in [2.45, 2.75) is 38.6 Å². The molecule has 0 saturated heterocycles. The minimum atomic E-state index is 0.292. The van der Waals surface area contributed by atoms with Gasteiger partial charge in [0.1, 0.15) is 5.78 Å². The molecule has 2 heteroatoms. The molecule has 2 N–H and O–H groups in total. The van der Waals surface area contributed by atoms with Crippen LogP contribution in [0.2, 0.25) is 0 Å². The number of carbonyl (C=O) groups is 1. The molecule has 0 spiro atoms. The summed E-state index contributed by atoms with van der Waals surface area (Å²) >= 11 is 0. The van der Waals surface area contributed by atoms with E-state index in [1.165, 1.54) is 0 Å². The Kier molecular flexibility index (Phi) is 2.44. The van der Waals surface area contributed by atoms with Crippen molar-refractivity contribution in [3.63, 3.8) is 0 Å². The lowest BCUT2D eigenvalue weighted by molar-refractivity contribution is -0.122. The number of carbonyl (C=O) groups excluding carboxylic acids is 1. The van der Waals surface area contributed by atoms with Gasteiger partial charge in [0.15, 0.2) is 0 Å². The van der Waals surface area contributed by atoms with E-state index < -0.39 is 0 Å². The molecule has 1 fully saturated rings. The second-order valence-corrected chi connectivity index (χ2v) is 3.09. The monoisotopic (exact) mass is 141 g/mol. The molecule has 0 radical (unpaired) electrons. The summed E-state index contributed by atoms with van der Waals surface area (Å²) in [5.41, 5.74) is 5.67. The molecule has 0 heterocycles. The van der Waals surface area contributed by atoms with Crippen molar-refractivity contribution >= 4 is 5.78 Å². The van der Waals surface area contributed by atoms with Crippen molar-refractivity contribution in [3.8, 4) is 0 Å². The van der Waals surface area contributed by atoms with Gasteiger partial charge in [-0.15, -0.1) is 0 Å². The van der Waals surface area contributed by atoms with E-state index in [0.717, 1.165) is 19.3 Å². The summed E-state index contributed by atoms with van der Waals surface area (Å²) in [6.45, 7) is 1.92. The first-order valence-electron chi connectivity index (χ1n) is 4.02. The first-order chi connectivity index (χ1) is 4.74. The number of rotatable bonds is 2. The lowest BCUT2D eigenvalue weighted by Crippen LogP contribution is -2.17. The summed E-state index contributed by atoms with van der Waals surface area (Å²) in [6.07, 6.45) is 3.66. The Balaban J connectivity index is 2.37. The first-order valence-corrected chi connectivity index (χ1v) is 4.02. The fraction of sp³-hybridized carbons (Fsp3) is 0.875. The van der Waals surface area contributed by atoms with Gasteiger partial charge in [-0.05, 0) is 19.3 Å². The van der Waals surface area contributed by atoms with Gasteiger partial charge in [0, 0.05) is 18.4 Å². The highest BCUT2D eigenvalue weighted by atomic mass is 16.1. The fourth-order valence-corrected chi connectivity index (χ4v) is 1.60. The molecule has 10 heavy (non-hydrogen) atoms. The van der Waals surface area contributed by atoms with Crippen molar-refractivity contribution in [2.75, 3.05) is 0 Å². The zero-order valence-electron chi connectivity index (χ0n) is 6.47. The molecule has 58 valence electrons. The number of hydrogen-bond acceptors (Lipinski definition) is 2. The second kappa shape index (κ2) is 3.15. The highest BCUT2D eigenvalue weighted by molar-refractivity contribution is 5.80. The maximum absolute atomic E-state index is 11.1. The van der Waals surface area contributed by atoms with Crippen LogP contribution in [0.3, 0.4) is 0 Å². The van der Waals surface area contributed by atoms with Crippen LogP contribution in [0.5, 0.6) is 0 Å². The van der Waals surface area contributed by atoms with Gasteiger partial charge in [-0.2, -0.15) is 0 Å². The molecule has 1 unspecified atom stereocenters. The van der Waals surface area contributed by atoms with E-state index in [9.17, 15) is 4.79 Å². The first kappa shape index (κ1) is 7.73. The van der Waals surface area contributed by atoms with Gasteiger partial charge in [0.2, 0.25) is 0 Å². The Morgan fingerprint density at radius 2 is 2.30 bits per heavy atom. The number of hydrogen-bond donors (Lipinski definition) is 1. The van der Waals surface area contributed by atoms with Gasteiger partial charge in [-0.25, -0.2) is 0 Å². The summed E-state index contributed by atoms with van der Waals surface area (Å²) in [5.74, 6) is 0.688. The number of ketones is 1. The van der Waals surface area contributed by atoms with Crippen LogP contribution in [0.4, 0.5) is 0 Å². The van der Waals surface area contributed by atoms with Gasteiger partial charge in [-0.1, -0.05) is 6.92 Å². The predicted octanol–water partition coefficient (Wildman–Crippen LogP) is 1.09. The third-order valence-electron chi connectivity index (χ3n) is 2.28. The smallest absolute Gasteiger partial charge is 0.135 e. The van der Waals surface area contributed by atoms with Gasteiger partial charge in [0.25, 0.3) is 0 Å². The molecule has 1 aliphatic rings. The number of Topliss-reactive ketones (excluding diaryl/α,β-unsaturated/α-hetero) is 1. The van der Waals surface area contributed by atoms with Crippen LogP contribution in [-0.2, 0) is 4.79 Å². The van der Waals surface area contributed by atoms with Crippen LogP contribution >= 0.6 is 0 Å². The average molecular weight is 141 g/mol. The van der Waals surface area contributed by atoms with Gasteiger partial charge >= 0.3 is 0 Å². The molecule has 0 aromatic carbocycles. The van der Waals surface area contributed by atoms with Crippen LogP contribution in [-0.4, -0.2) is 11.8 Å². The molecular formula is C8H15NO. The van der Waals surface area contributed by atoms with Crippen molar-refractivity contribution in [3.05, 3.63) is 0 Å². The van der Waals surface area contributed by atoms with Crippen LogP contribution in [0.1, 0.15) is 32.6 Å². The highest BCUT2D eigenvalue weighted by Crippen LogP contribution is 2.25. The molecule has 0 aliphatic heterocycles. The molecule has 1 saturated carbocycles. The Hall–Kier alpha value is -0.370. The van der Waals surface area contributed by atoms with E-state index in [-0.39, 0.29) is 0 Å². The Labute approximate surface area is 61.8 Å². The van der Waals surface area contributed by atoms with Crippen LogP contribution in [0.25, 0.3) is 0 Å². The molecule has 2 nitrogen and oxygen atoms in total. The fourth-order valence-electron chi connectivity index (χ4n) is 1.60. The zero-order valence-corrected chi connectivity index (χ0v) is 6.47. The highest BCUT2D eigenvalue weighted by Gasteiger charge is 2.25. The van der Waals surface area contributed by atoms with Crippen molar-refractivity contribution in [1.29, 1.82) is 0 Å². The van der Waals surface area contributed by atoms with Crippen LogP contribution in [0, 0.1) is 5.92 Å². The third kappa shape index (κ3) is 1.57. The average Bonchev–Trinajstić information content (AvgIpc) is 2.34. The van der Waals surface area contributed by atoms with Crippen LogP contribution in [0.15, 0.2) is 0 Å². The molecule has 1 rings (SSSR count). The topological polar surface area (TPSA) is 43.1 Å². The third-order valence-corrected chi connectivity index (χ3v) is 2.28. The molecule has 0 amide bonds. The largest absolute Gasteiger partial charge is 0.328 e. The Morgan fingerprint density at radius 3 is 2.70 bits per heavy atom. The van der Waals surface area contributed by atoms with E-state index in [0.29, 0.717) is 24.2 Å². The van der Waals surface area contributed by atoms with Gasteiger partial charge in [0.05, 0.1) is 0 Å². The lowest BCUT2D eigenvalue weighted by Gasteiger charge is -2.04. The van der Waals surface area contributed by atoms with Crippen molar-refractivity contribution < 1.29 is 4.79 Å². The van der Waals surface area contributed by atoms with Crippen LogP contribution < -0.4 is 5.73 Å². The summed E-state index contributed by atoms with van der Waals surface area (Å²) < 4.78 is 0. The zero-order chi connectivity index (χ0) is 7.56. The van der Waals surface area contributed by atoms with Crippen molar-refractivity contribution in [2.24, 2.45) is 11.7 Å². The Bertz CT molecular complexity index is 133. The molecule has 2 atom stereocenters. The Morgan fingerprint density at radius 1 is 1.60 bits per heavy atom. The quantitative estimate of drug-likeness (QED) is 0.625. The van der Waals surface area contributed by atoms with E-state index in [2.05, 4.69) is 0 Å². The molecule has 1 aliphatic carbocycles. The summed E-state index contributed by atoms with van der Waals surface area (Å²) in [5, 5.41) is 0. The van der Waals surface area contributed by atoms with E-state index >= 15 is 0 Å². The lowest BCUT2D eigenvalue weighted by atomic mass is 10.0. The molecule has 0 aromatic rings. The maximum Gasteiger partial charge on any atom is 0.135 e. The summed E-state index contributed by atoms with van der Waals surface area (Å²) in [7, 11) is 0. The van der Waals surface area contributed by atoms with Gasteiger partial charge in [-0.3, -0.25) is 4.79 Å². The minimum absolute atomic E-state index is 0.292. The standard InChI is InChI=1S/C8H15NO/c1-2-8(10)6-3-4-7(9)5-6/h6-7H,2-5,9H2,1H3/t6?,7-/m0/s1. The number of nitrogens with two attached hydrogens (primary N) is 1.